The molecule has 2 N–H and O–H groups in total. The fraction of sp³-hybridized carbons (Fsp3) is 0.611. The molecule has 1 atom stereocenters. The number of aliphatic hydroxyl groups excluding tert-OH is 1. The van der Waals surface area contributed by atoms with E-state index in [9.17, 15) is 10.4 Å². The molecule has 0 aliphatic heterocycles. The van der Waals surface area contributed by atoms with Crippen LogP contribution >= 0.6 is 11.6 Å². The second-order valence-electron chi connectivity index (χ2n) is 6.38. The molecule has 0 fully saturated rings. The number of hydrogen-bond acceptors (Lipinski definition) is 3. The van der Waals surface area contributed by atoms with Crippen LogP contribution in [0.5, 0.6) is 0 Å². The molecule has 22 heavy (non-hydrogen) atoms. The van der Waals surface area contributed by atoms with Crippen molar-refractivity contribution in [2.24, 2.45) is 0 Å². The van der Waals surface area contributed by atoms with Crippen molar-refractivity contribution in [2.75, 3.05) is 17.7 Å². The minimum atomic E-state index is -0.580. The number of fused-ring (bicyclic) bond motifs is 3. The maximum Gasteiger partial charge on any atom is 0.102 e. The highest BCUT2D eigenvalue weighted by atomic mass is 35.5. The molecular weight excluding hydrogens is 296 g/mol. The summed E-state index contributed by atoms with van der Waals surface area (Å²) in [7, 11) is 0. The Morgan fingerprint density at radius 2 is 1.55 bits per heavy atom. The van der Waals surface area contributed by atoms with Crippen LogP contribution in [-0.2, 0) is 25.7 Å². The first-order chi connectivity index (χ1) is 10.8. The summed E-state index contributed by atoms with van der Waals surface area (Å²) in [6.45, 7) is 0.406. The first-order valence-electron chi connectivity index (χ1n) is 8.33. The van der Waals surface area contributed by atoms with Crippen molar-refractivity contribution >= 4 is 17.3 Å². The van der Waals surface area contributed by atoms with E-state index in [2.05, 4.69) is 11.4 Å². The number of nitrogens with zero attached hydrogens (tertiary/aromatic N) is 1. The Morgan fingerprint density at radius 3 is 2.14 bits per heavy atom. The highest BCUT2D eigenvalue weighted by molar-refractivity contribution is 6.18. The number of benzene rings is 1. The zero-order valence-corrected chi connectivity index (χ0v) is 13.7. The van der Waals surface area contributed by atoms with Crippen LogP contribution in [0.1, 0.15) is 53.5 Å². The average Bonchev–Trinajstić information content (AvgIpc) is 2.59. The topological polar surface area (TPSA) is 56.0 Å². The summed E-state index contributed by atoms with van der Waals surface area (Å²) in [5, 5.41) is 22.8. The molecule has 118 valence electrons. The summed E-state index contributed by atoms with van der Waals surface area (Å²) >= 11 is 5.70. The zero-order chi connectivity index (χ0) is 15.5. The van der Waals surface area contributed by atoms with Gasteiger partial charge in [-0.2, -0.15) is 5.26 Å². The fourth-order valence-electron chi connectivity index (χ4n) is 3.92. The standard InChI is InChI=1S/C18H23ClN2O/c19-9-12(22)11-21-18-16-8-4-3-6-14(16)13-5-1-2-7-15(13)17(18)10-20/h12,21-22H,1-9,11H2. The molecule has 3 nitrogen and oxygen atoms in total. The van der Waals surface area contributed by atoms with Gasteiger partial charge < -0.3 is 10.4 Å². The van der Waals surface area contributed by atoms with Gasteiger partial charge >= 0.3 is 0 Å². The maximum atomic E-state index is 9.75. The van der Waals surface area contributed by atoms with Crippen molar-refractivity contribution in [1.29, 1.82) is 5.26 Å². The highest BCUT2D eigenvalue weighted by Crippen LogP contribution is 2.39. The molecular formula is C18H23ClN2O. The van der Waals surface area contributed by atoms with Gasteiger partial charge in [-0.25, -0.2) is 0 Å². The van der Waals surface area contributed by atoms with Crippen LogP contribution in [0.2, 0.25) is 0 Å². The lowest BCUT2D eigenvalue weighted by Gasteiger charge is -2.30. The molecule has 0 heterocycles. The summed E-state index contributed by atoms with van der Waals surface area (Å²) in [6, 6.07) is 2.44. The number of nitriles is 1. The van der Waals surface area contributed by atoms with E-state index in [0.29, 0.717) is 6.54 Å². The lowest BCUT2D eigenvalue weighted by Crippen LogP contribution is -2.24. The quantitative estimate of drug-likeness (QED) is 0.837. The predicted octanol–water partition coefficient (Wildman–Crippen LogP) is 3.33. The van der Waals surface area contributed by atoms with Gasteiger partial charge in [0.2, 0.25) is 0 Å². The van der Waals surface area contributed by atoms with Crippen LogP contribution in [0.4, 0.5) is 5.69 Å². The third-order valence-corrected chi connectivity index (χ3v) is 5.31. The van der Waals surface area contributed by atoms with Gasteiger partial charge in [-0.05, 0) is 73.6 Å². The number of nitrogens with one attached hydrogen (secondary N) is 1. The number of aliphatic hydroxyl groups is 1. The second-order valence-corrected chi connectivity index (χ2v) is 6.69. The summed E-state index contributed by atoms with van der Waals surface area (Å²) in [5.74, 6) is 0.210. The summed E-state index contributed by atoms with van der Waals surface area (Å²) in [6.07, 6.45) is 8.57. The van der Waals surface area contributed by atoms with Crippen LogP contribution in [0.25, 0.3) is 0 Å². The smallest absolute Gasteiger partial charge is 0.102 e. The van der Waals surface area contributed by atoms with Gasteiger partial charge in [-0.3, -0.25) is 0 Å². The molecule has 0 saturated carbocycles. The molecule has 0 amide bonds. The van der Waals surface area contributed by atoms with Crippen LogP contribution in [0.3, 0.4) is 0 Å². The van der Waals surface area contributed by atoms with Gasteiger partial charge in [-0.1, -0.05) is 0 Å². The number of anilines is 1. The SMILES string of the molecule is N#Cc1c2c(c3c(c1NCC(O)CCl)CCCC3)CCCC2. The largest absolute Gasteiger partial charge is 0.390 e. The molecule has 1 aromatic rings. The molecule has 0 spiro atoms. The first kappa shape index (κ1) is 15.6. The Balaban J connectivity index is 2.08. The molecule has 0 aromatic heterocycles. The van der Waals surface area contributed by atoms with Crippen LogP contribution in [-0.4, -0.2) is 23.6 Å². The normalized spacial score (nSPS) is 18.0. The summed E-state index contributed by atoms with van der Waals surface area (Å²) < 4.78 is 0. The molecule has 4 heteroatoms. The molecule has 0 saturated heterocycles. The Hall–Kier alpha value is -1.24. The van der Waals surface area contributed by atoms with Crippen molar-refractivity contribution in [3.63, 3.8) is 0 Å². The summed E-state index contributed by atoms with van der Waals surface area (Å²) in [5.41, 5.74) is 7.32. The minimum absolute atomic E-state index is 0.210. The zero-order valence-electron chi connectivity index (χ0n) is 12.9. The van der Waals surface area contributed by atoms with E-state index >= 15 is 0 Å². The third kappa shape index (κ3) is 2.83. The second kappa shape index (κ2) is 6.89. The van der Waals surface area contributed by atoms with Gasteiger partial charge in [0.25, 0.3) is 0 Å². The predicted molar refractivity (Wildman–Crippen MR) is 89.7 cm³/mol. The molecule has 2 aliphatic rings. The van der Waals surface area contributed by atoms with E-state index in [1.54, 1.807) is 0 Å². The average molecular weight is 319 g/mol. The molecule has 1 unspecified atom stereocenters. The molecule has 2 aliphatic carbocycles. The Morgan fingerprint density at radius 1 is 1.00 bits per heavy atom. The van der Waals surface area contributed by atoms with Crippen LogP contribution in [0.15, 0.2) is 0 Å². The lowest BCUT2D eigenvalue weighted by atomic mass is 9.77. The van der Waals surface area contributed by atoms with Gasteiger partial charge in [0, 0.05) is 6.54 Å². The molecule has 0 bridgehead atoms. The number of halogens is 1. The van der Waals surface area contributed by atoms with Crippen molar-refractivity contribution in [1.82, 2.24) is 0 Å². The van der Waals surface area contributed by atoms with Crippen molar-refractivity contribution in [3.8, 4) is 6.07 Å². The summed E-state index contributed by atoms with van der Waals surface area (Å²) in [4.78, 5) is 0. The number of rotatable bonds is 4. The van der Waals surface area contributed by atoms with Crippen molar-refractivity contribution in [3.05, 3.63) is 27.8 Å². The maximum absolute atomic E-state index is 9.75. The van der Waals surface area contributed by atoms with Crippen LogP contribution in [0, 0.1) is 11.3 Å². The Bertz CT molecular complexity index is 606. The number of hydrogen-bond donors (Lipinski definition) is 2. The monoisotopic (exact) mass is 318 g/mol. The van der Waals surface area contributed by atoms with Gasteiger partial charge in [0.1, 0.15) is 6.07 Å². The van der Waals surface area contributed by atoms with E-state index in [1.807, 2.05) is 0 Å². The van der Waals surface area contributed by atoms with Crippen molar-refractivity contribution < 1.29 is 5.11 Å². The molecule has 3 rings (SSSR count). The van der Waals surface area contributed by atoms with E-state index in [1.165, 1.54) is 47.9 Å². The van der Waals surface area contributed by atoms with E-state index in [4.69, 9.17) is 11.6 Å². The van der Waals surface area contributed by atoms with E-state index in [0.717, 1.165) is 36.9 Å². The molecule has 0 radical (unpaired) electrons. The van der Waals surface area contributed by atoms with E-state index < -0.39 is 6.10 Å². The third-order valence-electron chi connectivity index (χ3n) is 4.96. The van der Waals surface area contributed by atoms with E-state index in [-0.39, 0.29) is 5.88 Å². The van der Waals surface area contributed by atoms with Crippen molar-refractivity contribution in [2.45, 2.75) is 57.5 Å². The highest BCUT2D eigenvalue weighted by Gasteiger charge is 2.26. The number of alkyl halides is 1. The Kier molecular flexibility index (Phi) is 4.90. The Labute approximate surface area is 137 Å². The van der Waals surface area contributed by atoms with Gasteiger partial charge in [0.05, 0.1) is 23.2 Å². The van der Waals surface area contributed by atoms with Gasteiger partial charge in [-0.15, -0.1) is 11.6 Å². The fourth-order valence-corrected chi connectivity index (χ4v) is 4.03. The lowest BCUT2D eigenvalue weighted by molar-refractivity contribution is 0.211. The molecule has 1 aromatic carbocycles. The minimum Gasteiger partial charge on any atom is -0.390 e. The first-order valence-corrected chi connectivity index (χ1v) is 8.87. The van der Waals surface area contributed by atoms with Gasteiger partial charge in [0.15, 0.2) is 0 Å². The van der Waals surface area contributed by atoms with Crippen LogP contribution < -0.4 is 5.32 Å².